The molecule has 2 amide bonds. The van der Waals surface area contributed by atoms with Gasteiger partial charge in [0, 0.05) is 44.0 Å². The van der Waals surface area contributed by atoms with Crippen molar-refractivity contribution in [3.63, 3.8) is 0 Å². The van der Waals surface area contributed by atoms with Crippen LogP contribution in [0.5, 0.6) is 0 Å². The number of carbonyl (C=O) groups is 1. The number of hydrogen-bond donors (Lipinski definition) is 2. The molecule has 3 rings (SSSR count). The minimum absolute atomic E-state index is 0.0703. The zero-order chi connectivity index (χ0) is 22.8. The molecule has 0 unspecified atom stereocenters. The zero-order valence-electron chi connectivity index (χ0n) is 17.0. The summed E-state index contributed by atoms with van der Waals surface area (Å²) in [6, 6.07) is 0.691. The Morgan fingerprint density at radius 2 is 1.39 bits per heavy atom. The van der Waals surface area contributed by atoms with Gasteiger partial charge in [0.15, 0.2) is 0 Å². The van der Waals surface area contributed by atoms with Crippen LogP contribution in [-0.4, -0.2) is 66.1 Å². The van der Waals surface area contributed by atoms with Crippen LogP contribution in [0.4, 0.5) is 36.8 Å². The van der Waals surface area contributed by atoms with Gasteiger partial charge in [-0.3, -0.25) is 0 Å². The van der Waals surface area contributed by atoms with E-state index in [9.17, 15) is 31.1 Å². The number of nitrogens with zero attached hydrogens (tertiary/aromatic N) is 3. The fourth-order valence-corrected chi connectivity index (χ4v) is 3.80. The van der Waals surface area contributed by atoms with Crippen LogP contribution in [0.2, 0.25) is 0 Å². The Morgan fingerprint density at radius 1 is 0.903 bits per heavy atom. The van der Waals surface area contributed by atoms with Crippen LogP contribution >= 0.6 is 0 Å². The van der Waals surface area contributed by atoms with E-state index in [2.05, 4.69) is 20.5 Å². The van der Waals surface area contributed by atoms with E-state index in [1.165, 1.54) is 0 Å². The number of piperazine rings is 1. The number of urea groups is 1. The molecule has 174 valence electrons. The van der Waals surface area contributed by atoms with E-state index in [1.54, 1.807) is 4.90 Å². The monoisotopic (exact) mass is 453 g/mol. The highest BCUT2D eigenvalue weighted by Gasteiger charge is 2.39. The largest absolute Gasteiger partial charge is 0.433 e. The molecule has 31 heavy (non-hydrogen) atoms. The zero-order valence-corrected chi connectivity index (χ0v) is 17.0. The Balaban J connectivity index is 1.56. The smallest absolute Gasteiger partial charge is 0.382 e. The van der Waals surface area contributed by atoms with Crippen LogP contribution in [0, 0.1) is 0 Å². The highest BCUT2D eigenvalue weighted by Crippen LogP contribution is 2.35. The van der Waals surface area contributed by atoms with Crippen molar-refractivity contribution in [2.45, 2.75) is 50.1 Å². The first-order valence-electron chi connectivity index (χ1n) is 10.1. The van der Waals surface area contributed by atoms with Crippen molar-refractivity contribution in [2.24, 2.45) is 0 Å². The summed E-state index contributed by atoms with van der Waals surface area (Å²) in [4.78, 5) is 19.0. The van der Waals surface area contributed by atoms with Crippen molar-refractivity contribution in [3.05, 3.63) is 23.5 Å². The number of carbonyl (C=O) groups excluding carboxylic acids is 1. The molecule has 6 nitrogen and oxygen atoms in total. The molecule has 0 aromatic carbocycles. The first-order valence-corrected chi connectivity index (χ1v) is 10.1. The maximum Gasteiger partial charge on any atom is 0.433 e. The summed E-state index contributed by atoms with van der Waals surface area (Å²) in [7, 11) is 1.99. The predicted molar refractivity (Wildman–Crippen MR) is 102 cm³/mol. The number of rotatable bonds is 3. The minimum Gasteiger partial charge on any atom is -0.382 e. The van der Waals surface area contributed by atoms with E-state index in [0.29, 0.717) is 50.9 Å². The summed E-state index contributed by atoms with van der Waals surface area (Å²) in [6.45, 7) is 2.89. The van der Waals surface area contributed by atoms with E-state index < -0.39 is 23.7 Å². The summed E-state index contributed by atoms with van der Waals surface area (Å²) in [5, 5.41) is 5.76. The molecule has 1 aliphatic heterocycles. The van der Waals surface area contributed by atoms with Gasteiger partial charge in [-0.15, -0.1) is 0 Å². The van der Waals surface area contributed by atoms with E-state index in [1.807, 2.05) is 7.05 Å². The summed E-state index contributed by atoms with van der Waals surface area (Å²) in [6.07, 6.45) is -7.77. The van der Waals surface area contributed by atoms with Gasteiger partial charge in [-0.25, -0.2) is 9.78 Å². The Kier molecular flexibility index (Phi) is 6.87. The van der Waals surface area contributed by atoms with Gasteiger partial charge in [0.1, 0.15) is 11.4 Å². The number of anilines is 1. The second-order valence-electron chi connectivity index (χ2n) is 8.05. The fraction of sp³-hybridized carbons (Fsp3) is 0.684. The quantitative estimate of drug-likeness (QED) is 0.684. The molecule has 0 bridgehead atoms. The van der Waals surface area contributed by atoms with Crippen molar-refractivity contribution in [2.75, 3.05) is 38.5 Å². The minimum atomic E-state index is -4.98. The topological polar surface area (TPSA) is 60.5 Å². The highest BCUT2D eigenvalue weighted by molar-refractivity contribution is 5.74. The van der Waals surface area contributed by atoms with E-state index in [0.717, 1.165) is 13.1 Å². The number of aromatic nitrogens is 1. The van der Waals surface area contributed by atoms with Crippen LogP contribution in [0.1, 0.15) is 37.1 Å². The number of halogens is 6. The molecule has 1 aliphatic carbocycles. The Morgan fingerprint density at radius 3 is 1.87 bits per heavy atom. The van der Waals surface area contributed by atoms with Gasteiger partial charge >= 0.3 is 18.4 Å². The summed E-state index contributed by atoms with van der Waals surface area (Å²) < 4.78 is 77.7. The van der Waals surface area contributed by atoms with Gasteiger partial charge < -0.3 is 20.4 Å². The summed E-state index contributed by atoms with van der Waals surface area (Å²) in [5.74, 6) is 0. The van der Waals surface area contributed by atoms with E-state index in [4.69, 9.17) is 0 Å². The number of amides is 2. The Bertz CT molecular complexity index is 736. The molecular formula is C19H25F6N5O. The fourth-order valence-electron chi connectivity index (χ4n) is 3.80. The third kappa shape index (κ3) is 6.37. The van der Waals surface area contributed by atoms with Gasteiger partial charge in [0.25, 0.3) is 0 Å². The van der Waals surface area contributed by atoms with Crippen molar-refractivity contribution in [3.8, 4) is 0 Å². The Hall–Kier alpha value is -2.24. The second kappa shape index (κ2) is 9.09. The Labute approximate surface area is 176 Å². The molecule has 2 fully saturated rings. The average molecular weight is 453 g/mol. The molecule has 2 N–H and O–H groups in total. The molecule has 1 aromatic heterocycles. The molecule has 2 heterocycles. The van der Waals surface area contributed by atoms with Crippen molar-refractivity contribution >= 4 is 11.7 Å². The second-order valence-corrected chi connectivity index (χ2v) is 8.05. The third-order valence-corrected chi connectivity index (χ3v) is 5.62. The lowest BCUT2D eigenvalue weighted by molar-refractivity contribution is -0.150. The summed E-state index contributed by atoms with van der Waals surface area (Å²) in [5.41, 5.74) is -3.43. The van der Waals surface area contributed by atoms with Gasteiger partial charge in [-0.1, -0.05) is 0 Å². The molecule has 1 saturated heterocycles. The predicted octanol–water partition coefficient (Wildman–Crippen LogP) is 3.80. The molecule has 2 aliphatic rings. The number of hydrogen-bond acceptors (Lipinski definition) is 4. The summed E-state index contributed by atoms with van der Waals surface area (Å²) >= 11 is 0. The van der Waals surface area contributed by atoms with Crippen LogP contribution in [0.15, 0.2) is 12.1 Å². The van der Waals surface area contributed by atoms with Crippen LogP contribution in [0.3, 0.4) is 0 Å². The first kappa shape index (κ1) is 23.4. The van der Waals surface area contributed by atoms with E-state index >= 15 is 0 Å². The number of likely N-dealkylation sites (N-methyl/N-ethyl adjacent to an activating group) is 1. The van der Waals surface area contributed by atoms with Gasteiger partial charge in [0.2, 0.25) is 0 Å². The molecular weight excluding hydrogens is 428 g/mol. The lowest BCUT2D eigenvalue weighted by Gasteiger charge is -2.35. The van der Waals surface area contributed by atoms with E-state index in [-0.39, 0.29) is 23.8 Å². The normalized spacial score (nSPS) is 23.5. The van der Waals surface area contributed by atoms with Gasteiger partial charge in [-0.2, -0.15) is 26.3 Å². The lowest BCUT2D eigenvalue weighted by atomic mass is 9.91. The van der Waals surface area contributed by atoms with Crippen molar-refractivity contribution in [1.29, 1.82) is 0 Å². The van der Waals surface area contributed by atoms with Crippen LogP contribution in [0.25, 0.3) is 0 Å². The van der Waals surface area contributed by atoms with Crippen molar-refractivity contribution in [1.82, 2.24) is 20.1 Å². The highest BCUT2D eigenvalue weighted by atomic mass is 19.4. The maximum absolute atomic E-state index is 13.0. The lowest BCUT2D eigenvalue weighted by Crippen LogP contribution is -2.53. The van der Waals surface area contributed by atoms with Crippen molar-refractivity contribution < 1.29 is 31.1 Å². The standard InChI is InChI=1S/C19H25F6N5O/c1-29-6-8-30(9-7-29)17(31)27-13-4-2-12(3-5-13)26-14-10-15(18(20,21)22)28-16(11-14)19(23,24)25/h10-13H,2-9H2,1H3,(H,26,28)(H,27,31). The number of alkyl halides is 6. The van der Waals surface area contributed by atoms with Crippen LogP contribution < -0.4 is 10.6 Å². The molecule has 1 saturated carbocycles. The SMILES string of the molecule is CN1CCN(C(=O)NC2CCC(Nc3cc(C(F)(F)F)nc(C(F)(F)F)c3)CC2)CC1. The molecule has 0 radical (unpaired) electrons. The van der Waals surface area contributed by atoms with Crippen LogP contribution in [-0.2, 0) is 12.4 Å². The third-order valence-electron chi connectivity index (χ3n) is 5.62. The number of nitrogens with one attached hydrogen (secondary N) is 2. The molecule has 0 spiro atoms. The van der Waals surface area contributed by atoms with Gasteiger partial charge in [0.05, 0.1) is 0 Å². The molecule has 0 atom stereocenters. The first-order chi connectivity index (χ1) is 14.4. The molecule has 1 aromatic rings. The average Bonchev–Trinajstić information content (AvgIpc) is 2.68. The maximum atomic E-state index is 13.0. The molecule has 12 heteroatoms. The van der Waals surface area contributed by atoms with Gasteiger partial charge in [-0.05, 0) is 44.9 Å². The number of pyridine rings is 1.